The number of rotatable bonds is 6. The lowest BCUT2D eigenvalue weighted by Crippen LogP contribution is -2.47. The van der Waals surface area contributed by atoms with Gasteiger partial charge in [0.1, 0.15) is 23.0 Å². The standard InChI is InChI=1S/C26H26N2O4/c1-15(2)24(28-25(29)17-11-9-16(3)10-12-17)26(30)27-20-14-22-19(13-23(20)31-4)18-7-5-6-8-21(18)32-22/h5-15,24H,1-4H3,(H,27,30)(H,28,29). The predicted octanol–water partition coefficient (Wildman–Crippen LogP) is 5.30. The highest BCUT2D eigenvalue weighted by molar-refractivity contribution is 6.08. The first-order valence-corrected chi connectivity index (χ1v) is 10.5. The quantitative estimate of drug-likeness (QED) is 0.435. The van der Waals surface area contributed by atoms with Gasteiger partial charge in [0.2, 0.25) is 5.91 Å². The molecule has 0 spiro atoms. The van der Waals surface area contributed by atoms with Gasteiger partial charge in [-0.25, -0.2) is 0 Å². The van der Waals surface area contributed by atoms with E-state index in [1.807, 2.05) is 63.2 Å². The number of furan rings is 1. The van der Waals surface area contributed by atoms with Crippen LogP contribution in [0.25, 0.3) is 21.9 Å². The summed E-state index contributed by atoms with van der Waals surface area (Å²) in [6.07, 6.45) is 0. The predicted molar refractivity (Wildman–Crippen MR) is 126 cm³/mol. The molecule has 1 unspecified atom stereocenters. The Hall–Kier alpha value is -3.80. The monoisotopic (exact) mass is 430 g/mol. The summed E-state index contributed by atoms with van der Waals surface area (Å²) in [7, 11) is 1.55. The molecule has 1 aromatic heterocycles. The number of ether oxygens (including phenoxy) is 1. The molecule has 0 aliphatic rings. The van der Waals surface area contributed by atoms with Gasteiger partial charge in [0, 0.05) is 22.4 Å². The molecule has 4 aromatic rings. The van der Waals surface area contributed by atoms with E-state index in [9.17, 15) is 9.59 Å². The third-order valence-corrected chi connectivity index (χ3v) is 5.51. The van der Waals surface area contributed by atoms with Crippen LogP contribution < -0.4 is 15.4 Å². The Morgan fingerprint density at radius 2 is 1.66 bits per heavy atom. The number of benzene rings is 3. The van der Waals surface area contributed by atoms with Crippen molar-refractivity contribution in [3.63, 3.8) is 0 Å². The maximum atomic E-state index is 13.1. The summed E-state index contributed by atoms with van der Waals surface area (Å²) in [5.41, 5.74) is 3.47. The van der Waals surface area contributed by atoms with Crippen molar-refractivity contribution in [2.24, 2.45) is 5.92 Å². The van der Waals surface area contributed by atoms with Gasteiger partial charge < -0.3 is 19.8 Å². The number of amides is 2. The van der Waals surface area contributed by atoms with E-state index in [0.717, 1.165) is 21.9 Å². The second-order valence-corrected chi connectivity index (χ2v) is 8.20. The summed E-state index contributed by atoms with van der Waals surface area (Å²) in [5.74, 6) is -0.220. The van der Waals surface area contributed by atoms with Crippen molar-refractivity contribution >= 4 is 39.4 Å². The number of aryl methyl sites for hydroxylation is 1. The first-order chi connectivity index (χ1) is 15.4. The summed E-state index contributed by atoms with van der Waals surface area (Å²) in [6, 6.07) is 17.9. The molecular weight excluding hydrogens is 404 g/mol. The molecule has 2 N–H and O–H groups in total. The number of anilines is 1. The van der Waals surface area contributed by atoms with Gasteiger partial charge in [-0.1, -0.05) is 49.7 Å². The van der Waals surface area contributed by atoms with Crippen molar-refractivity contribution in [1.82, 2.24) is 5.32 Å². The molecule has 0 bridgehead atoms. The second kappa shape index (κ2) is 8.75. The van der Waals surface area contributed by atoms with Gasteiger partial charge in [-0.3, -0.25) is 9.59 Å². The Balaban J connectivity index is 1.60. The van der Waals surface area contributed by atoms with Crippen LogP contribution in [-0.4, -0.2) is 25.0 Å². The van der Waals surface area contributed by atoms with Gasteiger partial charge in [-0.05, 0) is 37.1 Å². The minimum Gasteiger partial charge on any atom is -0.495 e. The van der Waals surface area contributed by atoms with Gasteiger partial charge in [0.05, 0.1) is 12.8 Å². The molecule has 0 radical (unpaired) electrons. The van der Waals surface area contributed by atoms with Crippen LogP contribution in [0, 0.1) is 12.8 Å². The number of carbonyl (C=O) groups excluding carboxylic acids is 2. The van der Waals surface area contributed by atoms with E-state index >= 15 is 0 Å². The lowest BCUT2D eigenvalue weighted by molar-refractivity contribution is -0.118. The minimum absolute atomic E-state index is 0.120. The van der Waals surface area contributed by atoms with Crippen molar-refractivity contribution in [2.45, 2.75) is 26.8 Å². The summed E-state index contributed by atoms with van der Waals surface area (Å²) < 4.78 is 11.5. The average molecular weight is 431 g/mol. The molecule has 0 fully saturated rings. The van der Waals surface area contributed by atoms with Crippen LogP contribution in [0.3, 0.4) is 0 Å². The molecule has 0 aliphatic carbocycles. The van der Waals surface area contributed by atoms with Crippen LogP contribution in [0.1, 0.15) is 29.8 Å². The fourth-order valence-electron chi connectivity index (χ4n) is 3.69. The molecule has 0 aliphatic heterocycles. The van der Waals surface area contributed by atoms with E-state index in [0.29, 0.717) is 22.6 Å². The molecule has 164 valence electrons. The molecule has 6 nitrogen and oxygen atoms in total. The van der Waals surface area contributed by atoms with Crippen LogP contribution in [0.2, 0.25) is 0 Å². The smallest absolute Gasteiger partial charge is 0.251 e. The summed E-state index contributed by atoms with van der Waals surface area (Å²) in [5, 5.41) is 7.64. The zero-order valence-corrected chi connectivity index (χ0v) is 18.6. The van der Waals surface area contributed by atoms with Crippen molar-refractivity contribution in [1.29, 1.82) is 0 Å². The van der Waals surface area contributed by atoms with Crippen molar-refractivity contribution < 1.29 is 18.7 Å². The first-order valence-electron chi connectivity index (χ1n) is 10.5. The molecule has 0 saturated carbocycles. The highest BCUT2D eigenvalue weighted by Crippen LogP contribution is 2.36. The lowest BCUT2D eigenvalue weighted by Gasteiger charge is -2.22. The highest BCUT2D eigenvalue weighted by atomic mass is 16.5. The average Bonchev–Trinajstić information content (AvgIpc) is 3.14. The van der Waals surface area contributed by atoms with Crippen molar-refractivity contribution in [3.05, 3.63) is 71.8 Å². The third-order valence-electron chi connectivity index (χ3n) is 5.51. The molecule has 0 saturated heterocycles. The van der Waals surface area contributed by atoms with Crippen LogP contribution in [-0.2, 0) is 4.79 Å². The van der Waals surface area contributed by atoms with Crippen LogP contribution in [0.5, 0.6) is 5.75 Å². The zero-order valence-electron chi connectivity index (χ0n) is 18.6. The van der Waals surface area contributed by atoms with Gasteiger partial charge in [0.15, 0.2) is 0 Å². The van der Waals surface area contributed by atoms with Gasteiger partial charge >= 0.3 is 0 Å². The van der Waals surface area contributed by atoms with Gasteiger partial charge in [-0.2, -0.15) is 0 Å². The SMILES string of the molecule is COc1cc2c(cc1NC(=O)C(NC(=O)c1ccc(C)cc1)C(C)C)oc1ccccc12. The zero-order chi connectivity index (χ0) is 22.8. The molecular formula is C26H26N2O4. The van der Waals surface area contributed by atoms with Crippen molar-refractivity contribution in [2.75, 3.05) is 12.4 Å². The largest absolute Gasteiger partial charge is 0.495 e. The van der Waals surface area contributed by atoms with E-state index in [1.165, 1.54) is 0 Å². The lowest BCUT2D eigenvalue weighted by atomic mass is 10.0. The van der Waals surface area contributed by atoms with Crippen molar-refractivity contribution in [3.8, 4) is 5.75 Å². The Kier molecular flexibility index (Phi) is 5.86. The van der Waals surface area contributed by atoms with E-state index in [-0.39, 0.29) is 17.7 Å². The van der Waals surface area contributed by atoms with E-state index in [2.05, 4.69) is 10.6 Å². The number of fused-ring (bicyclic) bond motifs is 3. The molecule has 6 heteroatoms. The second-order valence-electron chi connectivity index (χ2n) is 8.20. The van der Waals surface area contributed by atoms with Gasteiger partial charge in [0.25, 0.3) is 5.91 Å². The van der Waals surface area contributed by atoms with E-state index in [1.54, 1.807) is 25.3 Å². The van der Waals surface area contributed by atoms with E-state index in [4.69, 9.17) is 9.15 Å². The Morgan fingerprint density at radius 1 is 0.938 bits per heavy atom. The number of nitrogens with one attached hydrogen (secondary N) is 2. The number of hydrogen-bond acceptors (Lipinski definition) is 4. The number of carbonyl (C=O) groups is 2. The molecule has 3 aromatic carbocycles. The molecule has 1 atom stereocenters. The molecule has 2 amide bonds. The minimum atomic E-state index is -0.722. The topological polar surface area (TPSA) is 80.6 Å². The van der Waals surface area contributed by atoms with E-state index < -0.39 is 6.04 Å². The maximum Gasteiger partial charge on any atom is 0.251 e. The molecule has 4 rings (SSSR count). The van der Waals surface area contributed by atoms with Crippen LogP contribution >= 0.6 is 0 Å². The number of para-hydroxylation sites is 1. The van der Waals surface area contributed by atoms with Crippen LogP contribution in [0.4, 0.5) is 5.69 Å². The summed E-state index contributed by atoms with van der Waals surface area (Å²) >= 11 is 0. The Labute approximate surface area is 186 Å². The third kappa shape index (κ3) is 4.17. The Bertz CT molecular complexity index is 1290. The number of methoxy groups -OCH3 is 1. The Morgan fingerprint density at radius 3 is 2.34 bits per heavy atom. The normalized spacial score (nSPS) is 12.2. The fourth-order valence-corrected chi connectivity index (χ4v) is 3.69. The van der Waals surface area contributed by atoms with Crippen LogP contribution in [0.15, 0.2) is 65.1 Å². The first kappa shape index (κ1) is 21.4. The maximum absolute atomic E-state index is 13.1. The summed E-state index contributed by atoms with van der Waals surface area (Å²) in [6.45, 7) is 5.73. The fraction of sp³-hybridized carbons (Fsp3) is 0.231. The van der Waals surface area contributed by atoms with Gasteiger partial charge in [-0.15, -0.1) is 0 Å². The molecule has 32 heavy (non-hydrogen) atoms. The summed E-state index contributed by atoms with van der Waals surface area (Å²) in [4.78, 5) is 25.8. The molecule has 1 heterocycles. The highest BCUT2D eigenvalue weighted by Gasteiger charge is 2.26. The number of hydrogen-bond donors (Lipinski definition) is 2.